The number of halogens is 1. The molecular formula is C21H21ClN2O2S. The molecule has 0 amide bonds. The van der Waals surface area contributed by atoms with Crippen LogP contribution in [0.5, 0.6) is 0 Å². The molecule has 27 heavy (non-hydrogen) atoms. The second-order valence-electron chi connectivity index (χ2n) is 6.77. The Morgan fingerprint density at radius 3 is 2.56 bits per heavy atom. The monoisotopic (exact) mass is 400 g/mol. The summed E-state index contributed by atoms with van der Waals surface area (Å²) in [5.41, 5.74) is 1.20. The number of fused-ring (bicyclic) bond motifs is 1. The molecule has 0 N–H and O–H groups in total. The maximum Gasteiger partial charge on any atom is 0.262 e. The Hall–Kier alpha value is -2.11. The molecule has 0 bridgehead atoms. The number of aromatic nitrogens is 2. The van der Waals surface area contributed by atoms with Gasteiger partial charge in [-0.3, -0.25) is 14.2 Å². The molecule has 1 aromatic heterocycles. The average Bonchev–Trinajstić information content (AvgIpc) is 2.66. The van der Waals surface area contributed by atoms with Crippen molar-refractivity contribution in [3.63, 3.8) is 0 Å². The molecule has 6 heteroatoms. The van der Waals surface area contributed by atoms with Crippen LogP contribution in [0.25, 0.3) is 10.9 Å². The fraction of sp³-hybridized carbons (Fsp3) is 0.286. The van der Waals surface area contributed by atoms with Crippen molar-refractivity contribution in [1.29, 1.82) is 0 Å². The maximum atomic E-state index is 12.9. The van der Waals surface area contributed by atoms with Crippen LogP contribution in [0.4, 0.5) is 0 Å². The first kappa shape index (κ1) is 19.6. The van der Waals surface area contributed by atoms with Crippen LogP contribution in [-0.2, 0) is 6.54 Å². The fourth-order valence-electron chi connectivity index (χ4n) is 2.69. The Bertz CT molecular complexity index is 1010. The Labute approximate surface area is 167 Å². The van der Waals surface area contributed by atoms with Crippen molar-refractivity contribution < 1.29 is 4.79 Å². The number of thioether (sulfide) groups is 1. The van der Waals surface area contributed by atoms with Crippen molar-refractivity contribution in [3.8, 4) is 0 Å². The molecule has 0 unspecified atom stereocenters. The van der Waals surface area contributed by atoms with Gasteiger partial charge in [0.05, 0.1) is 16.7 Å². The van der Waals surface area contributed by atoms with Gasteiger partial charge in [-0.05, 0) is 48.7 Å². The zero-order valence-corrected chi connectivity index (χ0v) is 16.9. The fourth-order valence-corrected chi connectivity index (χ4v) is 3.74. The first-order valence-corrected chi connectivity index (χ1v) is 10.2. The van der Waals surface area contributed by atoms with Crippen LogP contribution in [0.2, 0.25) is 5.02 Å². The quantitative estimate of drug-likeness (QED) is 0.315. The molecule has 1 heterocycles. The lowest BCUT2D eigenvalue weighted by atomic mass is 10.1. The molecule has 0 aliphatic heterocycles. The van der Waals surface area contributed by atoms with E-state index < -0.39 is 0 Å². The number of hydrogen-bond donors (Lipinski definition) is 0. The number of nitrogens with zero attached hydrogens (tertiary/aromatic N) is 2. The van der Waals surface area contributed by atoms with E-state index in [-0.39, 0.29) is 17.1 Å². The maximum absolute atomic E-state index is 12.9. The van der Waals surface area contributed by atoms with E-state index in [2.05, 4.69) is 18.8 Å². The second kappa shape index (κ2) is 8.72. The summed E-state index contributed by atoms with van der Waals surface area (Å²) in [6.45, 7) is 4.83. The molecule has 4 nitrogen and oxygen atoms in total. The summed E-state index contributed by atoms with van der Waals surface area (Å²) in [5, 5.41) is 1.79. The van der Waals surface area contributed by atoms with Crippen molar-refractivity contribution in [1.82, 2.24) is 9.55 Å². The zero-order chi connectivity index (χ0) is 19.4. The van der Waals surface area contributed by atoms with E-state index in [4.69, 9.17) is 11.6 Å². The van der Waals surface area contributed by atoms with Gasteiger partial charge in [-0.2, -0.15) is 0 Å². The number of ketones is 1. The molecule has 140 valence electrons. The van der Waals surface area contributed by atoms with Crippen LogP contribution < -0.4 is 5.56 Å². The second-order valence-corrected chi connectivity index (χ2v) is 8.15. The molecule has 0 aliphatic rings. The van der Waals surface area contributed by atoms with Crippen LogP contribution in [0, 0.1) is 5.92 Å². The standard InChI is InChI=1S/C21H21ClN2O2S/c1-14(2)11-12-24-20(26)17-5-3-4-6-18(17)23-21(24)27-13-19(25)15-7-9-16(22)10-8-15/h3-10,14H,11-13H2,1-2H3. The number of carbonyl (C=O) groups excluding carboxylic acids is 1. The first-order chi connectivity index (χ1) is 13.0. The van der Waals surface area contributed by atoms with E-state index in [0.29, 0.717) is 39.1 Å². The van der Waals surface area contributed by atoms with E-state index in [1.54, 1.807) is 34.9 Å². The summed E-state index contributed by atoms with van der Waals surface area (Å²) in [7, 11) is 0. The number of carbonyl (C=O) groups is 1. The van der Waals surface area contributed by atoms with Gasteiger partial charge in [0, 0.05) is 17.1 Å². The average molecular weight is 401 g/mol. The van der Waals surface area contributed by atoms with E-state index in [0.717, 1.165) is 6.42 Å². The minimum atomic E-state index is -0.0531. The van der Waals surface area contributed by atoms with Crippen molar-refractivity contribution >= 4 is 40.0 Å². The van der Waals surface area contributed by atoms with Gasteiger partial charge in [-0.25, -0.2) is 4.98 Å². The van der Waals surface area contributed by atoms with Crippen molar-refractivity contribution in [3.05, 3.63) is 69.5 Å². The number of para-hydroxylation sites is 1. The molecule has 0 saturated heterocycles. The van der Waals surface area contributed by atoms with Crippen molar-refractivity contribution in [2.75, 3.05) is 5.75 Å². The predicted octanol–water partition coefficient (Wildman–Crippen LogP) is 5.07. The van der Waals surface area contributed by atoms with Gasteiger partial charge in [-0.15, -0.1) is 0 Å². The minimum Gasteiger partial charge on any atom is -0.293 e. The number of benzene rings is 2. The normalized spacial score (nSPS) is 11.3. The van der Waals surface area contributed by atoms with Gasteiger partial charge in [0.15, 0.2) is 10.9 Å². The third kappa shape index (κ3) is 4.79. The zero-order valence-electron chi connectivity index (χ0n) is 15.3. The summed E-state index contributed by atoms with van der Waals surface area (Å²) in [5.74, 6) is 0.667. The molecule has 3 aromatic rings. The van der Waals surface area contributed by atoms with E-state index >= 15 is 0 Å². The van der Waals surface area contributed by atoms with Crippen molar-refractivity contribution in [2.45, 2.75) is 32.0 Å². The highest BCUT2D eigenvalue weighted by Crippen LogP contribution is 2.20. The lowest BCUT2D eigenvalue weighted by Gasteiger charge is -2.14. The van der Waals surface area contributed by atoms with E-state index in [1.807, 2.05) is 18.2 Å². The Morgan fingerprint density at radius 2 is 1.85 bits per heavy atom. The molecule has 0 atom stereocenters. The first-order valence-electron chi connectivity index (χ1n) is 8.87. The van der Waals surface area contributed by atoms with Crippen LogP contribution in [0.3, 0.4) is 0 Å². The molecule has 3 rings (SSSR count). The Kier molecular flexibility index (Phi) is 6.34. The minimum absolute atomic E-state index is 0.0190. The highest BCUT2D eigenvalue weighted by Gasteiger charge is 2.14. The number of Topliss-reactive ketones (excluding diaryl/α,β-unsaturated/α-hetero) is 1. The summed E-state index contributed by atoms with van der Waals surface area (Å²) >= 11 is 7.18. The molecule has 0 radical (unpaired) electrons. The third-order valence-electron chi connectivity index (χ3n) is 4.26. The van der Waals surface area contributed by atoms with Gasteiger partial charge in [0.25, 0.3) is 5.56 Å². The van der Waals surface area contributed by atoms with Crippen molar-refractivity contribution in [2.24, 2.45) is 5.92 Å². The summed E-state index contributed by atoms with van der Waals surface area (Å²) in [4.78, 5) is 30.0. The lowest BCUT2D eigenvalue weighted by Crippen LogP contribution is -2.24. The molecule has 2 aromatic carbocycles. The lowest BCUT2D eigenvalue weighted by molar-refractivity contribution is 0.102. The van der Waals surface area contributed by atoms with Crippen LogP contribution in [0.15, 0.2) is 58.5 Å². The molecule has 0 spiro atoms. The highest BCUT2D eigenvalue weighted by molar-refractivity contribution is 7.99. The van der Waals surface area contributed by atoms with E-state index in [1.165, 1.54) is 11.8 Å². The number of hydrogen-bond acceptors (Lipinski definition) is 4. The largest absolute Gasteiger partial charge is 0.293 e. The summed E-state index contributed by atoms with van der Waals surface area (Å²) < 4.78 is 1.70. The predicted molar refractivity (Wildman–Crippen MR) is 112 cm³/mol. The molecule has 0 aliphatic carbocycles. The Balaban J connectivity index is 1.89. The summed E-state index contributed by atoms with van der Waals surface area (Å²) in [6, 6.07) is 14.2. The number of rotatable bonds is 7. The van der Waals surface area contributed by atoms with Gasteiger partial charge in [-0.1, -0.05) is 49.3 Å². The van der Waals surface area contributed by atoms with Gasteiger partial charge < -0.3 is 0 Å². The van der Waals surface area contributed by atoms with Crippen LogP contribution in [-0.4, -0.2) is 21.1 Å². The Morgan fingerprint density at radius 1 is 1.15 bits per heavy atom. The highest BCUT2D eigenvalue weighted by atomic mass is 35.5. The van der Waals surface area contributed by atoms with E-state index in [9.17, 15) is 9.59 Å². The molecular weight excluding hydrogens is 380 g/mol. The molecule has 0 fully saturated rings. The summed E-state index contributed by atoms with van der Waals surface area (Å²) in [6.07, 6.45) is 0.874. The topological polar surface area (TPSA) is 52.0 Å². The van der Waals surface area contributed by atoms with Crippen LogP contribution >= 0.6 is 23.4 Å². The van der Waals surface area contributed by atoms with Gasteiger partial charge in [0.1, 0.15) is 0 Å². The SMILES string of the molecule is CC(C)CCn1c(SCC(=O)c2ccc(Cl)cc2)nc2ccccc2c1=O. The van der Waals surface area contributed by atoms with Gasteiger partial charge in [0.2, 0.25) is 0 Å². The third-order valence-corrected chi connectivity index (χ3v) is 5.48. The molecule has 0 saturated carbocycles. The smallest absolute Gasteiger partial charge is 0.262 e. The van der Waals surface area contributed by atoms with Crippen LogP contribution in [0.1, 0.15) is 30.6 Å². The van der Waals surface area contributed by atoms with Gasteiger partial charge >= 0.3 is 0 Å².